The van der Waals surface area contributed by atoms with Gasteiger partial charge in [0, 0.05) is 20.8 Å². The minimum atomic E-state index is 0.0640. The van der Waals surface area contributed by atoms with Crippen LogP contribution in [0.4, 0.5) is 0 Å². The van der Waals surface area contributed by atoms with Gasteiger partial charge in [-0.1, -0.05) is 76.9 Å². The van der Waals surface area contributed by atoms with Crippen LogP contribution in [0, 0.1) is 0 Å². The van der Waals surface area contributed by atoms with Crippen LogP contribution in [0.2, 0.25) is 0 Å². The number of allylic oxidation sites excluding steroid dienone is 2. The third-order valence-corrected chi connectivity index (χ3v) is 4.79. The van der Waals surface area contributed by atoms with E-state index in [1.54, 1.807) is 14.2 Å². The fourth-order valence-electron chi connectivity index (χ4n) is 3.04. The number of unbranched alkanes of at least 4 members (excludes halogenated alkanes) is 12. The molecule has 0 saturated heterocycles. The molecule has 0 fully saturated rings. The molecule has 0 rings (SSSR count). The SMILES string of the molecule is CCCCCCCC/C=C\CCCCCCCCOCC(COC)OC. The lowest BCUT2D eigenvalue weighted by Gasteiger charge is -2.14. The Morgan fingerprint density at radius 3 is 1.73 bits per heavy atom. The topological polar surface area (TPSA) is 27.7 Å². The second-order valence-corrected chi connectivity index (χ2v) is 7.33. The highest BCUT2D eigenvalue weighted by Crippen LogP contribution is 2.10. The monoisotopic (exact) mass is 370 g/mol. The van der Waals surface area contributed by atoms with Crippen molar-refractivity contribution in [2.24, 2.45) is 0 Å². The van der Waals surface area contributed by atoms with Crippen LogP contribution in [0.25, 0.3) is 0 Å². The van der Waals surface area contributed by atoms with Crippen LogP contribution in [-0.4, -0.2) is 40.1 Å². The Morgan fingerprint density at radius 1 is 0.654 bits per heavy atom. The first-order valence-electron chi connectivity index (χ1n) is 11.1. The molecule has 156 valence electrons. The van der Waals surface area contributed by atoms with Crippen molar-refractivity contribution in [1.82, 2.24) is 0 Å². The van der Waals surface area contributed by atoms with Crippen molar-refractivity contribution in [3.05, 3.63) is 12.2 Å². The van der Waals surface area contributed by atoms with Crippen molar-refractivity contribution in [2.45, 2.75) is 103 Å². The van der Waals surface area contributed by atoms with Gasteiger partial charge in [-0.05, 0) is 32.1 Å². The van der Waals surface area contributed by atoms with Crippen LogP contribution in [0.1, 0.15) is 96.8 Å². The van der Waals surface area contributed by atoms with E-state index in [1.165, 1.54) is 83.5 Å². The van der Waals surface area contributed by atoms with Crippen molar-refractivity contribution in [1.29, 1.82) is 0 Å². The van der Waals surface area contributed by atoms with Crippen LogP contribution in [0.15, 0.2) is 12.2 Å². The van der Waals surface area contributed by atoms with Gasteiger partial charge < -0.3 is 14.2 Å². The molecular weight excluding hydrogens is 324 g/mol. The summed E-state index contributed by atoms with van der Waals surface area (Å²) in [6.45, 7) is 4.35. The van der Waals surface area contributed by atoms with Crippen molar-refractivity contribution >= 4 is 0 Å². The normalized spacial score (nSPS) is 12.9. The van der Waals surface area contributed by atoms with Gasteiger partial charge in [0.25, 0.3) is 0 Å². The van der Waals surface area contributed by atoms with Gasteiger partial charge in [-0.2, -0.15) is 0 Å². The van der Waals surface area contributed by atoms with E-state index >= 15 is 0 Å². The first-order valence-corrected chi connectivity index (χ1v) is 11.1. The predicted octanol–water partition coefficient (Wildman–Crippen LogP) is 6.70. The van der Waals surface area contributed by atoms with Crippen molar-refractivity contribution in [2.75, 3.05) is 34.0 Å². The molecule has 1 unspecified atom stereocenters. The first kappa shape index (κ1) is 25.6. The second-order valence-electron chi connectivity index (χ2n) is 7.33. The zero-order valence-corrected chi connectivity index (χ0v) is 18.0. The summed E-state index contributed by atoms with van der Waals surface area (Å²) in [4.78, 5) is 0. The highest BCUT2D eigenvalue weighted by atomic mass is 16.5. The van der Waals surface area contributed by atoms with Gasteiger partial charge in [-0.25, -0.2) is 0 Å². The maximum absolute atomic E-state index is 5.64. The Morgan fingerprint density at radius 2 is 1.19 bits per heavy atom. The van der Waals surface area contributed by atoms with Gasteiger partial charge in [0.15, 0.2) is 0 Å². The van der Waals surface area contributed by atoms with E-state index in [-0.39, 0.29) is 6.10 Å². The van der Waals surface area contributed by atoms with Crippen LogP contribution >= 0.6 is 0 Å². The number of rotatable bonds is 21. The molecule has 0 aromatic rings. The van der Waals surface area contributed by atoms with E-state index < -0.39 is 0 Å². The van der Waals surface area contributed by atoms with Crippen molar-refractivity contribution in [3.8, 4) is 0 Å². The fourth-order valence-corrected chi connectivity index (χ4v) is 3.04. The predicted molar refractivity (Wildman–Crippen MR) is 113 cm³/mol. The molecule has 26 heavy (non-hydrogen) atoms. The third kappa shape index (κ3) is 19.9. The number of methoxy groups -OCH3 is 2. The maximum Gasteiger partial charge on any atom is 0.104 e. The summed E-state index contributed by atoms with van der Waals surface area (Å²) in [5.41, 5.74) is 0. The van der Waals surface area contributed by atoms with Gasteiger partial charge in [-0.15, -0.1) is 0 Å². The molecule has 0 aliphatic rings. The van der Waals surface area contributed by atoms with Gasteiger partial charge >= 0.3 is 0 Å². The number of ether oxygens (including phenoxy) is 3. The summed E-state index contributed by atoms with van der Waals surface area (Å²) in [5, 5.41) is 0. The third-order valence-electron chi connectivity index (χ3n) is 4.79. The Labute approximate surface area is 163 Å². The van der Waals surface area contributed by atoms with Crippen LogP contribution in [0.5, 0.6) is 0 Å². The second kappa shape index (κ2) is 22.7. The molecule has 0 spiro atoms. The van der Waals surface area contributed by atoms with Gasteiger partial charge in [0.05, 0.1) is 13.2 Å². The van der Waals surface area contributed by atoms with Crippen molar-refractivity contribution in [3.63, 3.8) is 0 Å². The minimum Gasteiger partial charge on any atom is -0.382 e. The lowest BCUT2D eigenvalue weighted by Crippen LogP contribution is -2.23. The Kier molecular flexibility index (Phi) is 22.3. The number of hydrogen-bond donors (Lipinski definition) is 0. The molecule has 3 nitrogen and oxygen atoms in total. The maximum atomic E-state index is 5.64. The average molecular weight is 371 g/mol. The standard InChI is InChI=1S/C23H46O3/c1-4-5-6-7-8-9-10-11-12-13-14-15-16-17-18-19-20-26-22-23(25-3)21-24-2/h11-12,23H,4-10,13-22H2,1-3H3/b12-11-. The Hall–Kier alpha value is -0.380. The van der Waals surface area contributed by atoms with Crippen LogP contribution < -0.4 is 0 Å². The molecule has 0 aromatic heterocycles. The van der Waals surface area contributed by atoms with Gasteiger partial charge in [-0.3, -0.25) is 0 Å². The molecule has 0 bridgehead atoms. The van der Waals surface area contributed by atoms with E-state index in [1.807, 2.05) is 0 Å². The van der Waals surface area contributed by atoms with E-state index in [4.69, 9.17) is 14.2 Å². The lowest BCUT2D eigenvalue weighted by atomic mass is 10.1. The van der Waals surface area contributed by atoms with E-state index in [0.717, 1.165) is 13.0 Å². The minimum absolute atomic E-state index is 0.0640. The van der Waals surface area contributed by atoms with Crippen LogP contribution in [-0.2, 0) is 14.2 Å². The molecule has 0 heterocycles. The quantitative estimate of drug-likeness (QED) is 0.166. The molecule has 0 aliphatic heterocycles. The lowest BCUT2D eigenvalue weighted by molar-refractivity contribution is -0.0308. The smallest absolute Gasteiger partial charge is 0.104 e. The summed E-state index contributed by atoms with van der Waals surface area (Å²) in [7, 11) is 3.40. The highest BCUT2D eigenvalue weighted by Gasteiger charge is 2.05. The van der Waals surface area contributed by atoms with Gasteiger partial charge in [0.2, 0.25) is 0 Å². The molecule has 0 amide bonds. The summed E-state index contributed by atoms with van der Waals surface area (Å²) in [5.74, 6) is 0. The molecule has 0 saturated carbocycles. The summed E-state index contributed by atoms with van der Waals surface area (Å²) in [6, 6.07) is 0. The van der Waals surface area contributed by atoms with Crippen molar-refractivity contribution < 1.29 is 14.2 Å². The zero-order chi connectivity index (χ0) is 19.1. The van der Waals surface area contributed by atoms with E-state index in [0.29, 0.717) is 13.2 Å². The average Bonchev–Trinajstić information content (AvgIpc) is 2.66. The molecule has 0 radical (unpaired) electrons. The molecule has 3 heteroatoms. The van der Waals surface area contributed by atoms with E-state index in [2.05, 4.69) is 19.1 Å². The molecule has 0 N–H and O–H groups in total. The Balaban J connectivity index is 3.16. The number of hydrogen-bond acceptors (Lipinski definition) is 3. The van der Waals surface area contributed by atoms with Gasteiger partial charge in [0.1, 0.15) is 6.10 Å². The largest absolute Gasteiger partial charge is 0.382 e. The molecule has 1 atom stereocenters. The zero-order valence-electron chi connectivity index (χ0n) is 18.0. The first-order chi connectivity index (χ1) is 12.8. The highest BCUT2D eigenvalue weighted by molar-refractivity contribution is 4.81. The van der Waals surface area contributed by atoms with Crippen LogP contribution in [0.3, 0.4) is 0 Å². The molecule has 0 aromatic carbocycles. The molecular formula is C23H46O3. The fraction of sp³-hybridized carbons (Fsp3) is 0.913. The molecule has 0 aliphatic carbocycles. The summed E-state index contributed by atoms with van der Waals surface area (Å²) < 4.78 is 16.0. The van der Waals surface area contributed by atoms with E-state index in [9.17, 15) is 0 Å². The summed E-state index contributed by atoms with van der Waals surface area (Å²) in [6.07, 6.45) is 23.6. The Bertz CT molecular complexity index is 279. The summed E-state index contributed by atoms with van der Waals surface area (Å²) >= 11 is 0.